The smallest absolute Gasteiger partial charge is 0.416 e. The van der Waals surface area contributed by atoms with Crippen LogP contribution in [-0.2, 0) is 32.0 Å². The van der Waals surface area contributed by atoms with Gasteiger partial charge in [-0.2, -0.15) is 26.3 Å². The molecule has 3 aromatic carbocycles. The summed E-state index contributed by atoms with van der Waals surface area (Å²) in [5.41, 5.74) is -0.215. The third-order valence-corrected chi connectivity index (χ3v) is 6.11. The van der Waals surface area contributed by atoms with Crippen molar-refractivity contribution >= 4 is 5.91 Å². The zero-order valence-electron chi connectivity index (χ0n) is 21.3. The van der Waals surface area contributed by atoms with Gasteiger partial charge in [0.2, 0.25) is 5.89 Å². The largest absolute Gasteiger partial charge is 0.447 e. The van der Waals surface area contributed by atoms with Gasteiger partial charge >= 0.3 is 12.4 Å². The van der Waals surface area contributed by atoms with Crippen molar-refractivity contribution in [2.75, 3.05) is 0 Å². The Morgan fingerprint density at radius 2 is 1.38 bits per heavy atom. The zero-order valence-corrected chi connectivity index (χ0v) is 21.3. The Morgan fingerprint density at radius 3 is 1.90 bits per heavy atom. The van der Waals surface area contributed by atoms with Gasteiger partial charge in [-0.15, -0.1) is 0 Å². The van der Waals surface area contributed by atoms with Crippen LogP contribution in [0.5, 0.6) is 0 Å². The van der Waals surface area contributed by atoms with Gasteiger partial charge in [-0.25, -0.2) is 4.98 Å². The van der Waals surface area contributed by atoms with Crippen LogP contribution in [0.15, 0.2) is 89.5 Å². The predicted octanol–water partition coefficient (Wildman–Crippen LogP) is 7.41. The Morgan fingerprint density at radius 1 is 0.825 bits per heavy atom. The van der Waals surface area contributed by atoms with Crippen LogP contribution in [-0.4, -0.2) is 15.8 Å². The molecule has 1 atom stereocenters. The number of halogens is 6. The molecule has 0 fully saturated rings. The normalized spacial score (nSPS) is 12.9. The fourth-order valence-electron chi connectivity index (χ4n) is 4.15. The number of oxazole rings is 1. The van der Waals surface area contributed by atoms with Gasteiger partial charge in [0, 0.05) is 13.1 Å². The van der Waals surface area contributed by atoms with Gasteiger partial charge in [-0.05, 0) is 35.7 Å². The van der Waals surface area contributed by atoms with Crippen LogP contribution in [0.1, 0.15) is 57.2 Å². The molecule has 0 saturated carbocycles. The van der Waals surface area contributed by atoms with Crippen LogP contribution in [0, 0.1) is 0 Å². The number of carbonyl (C=O) groups excluding carboxylic acids is 1. The summed E-state index contributed by atoms with van der Waals surface area (Å²) in [6.45, 7) is 1.64. The van der Waals surface area contributed by atoms with E-state index in [0.29, 0.717) is 11.1 Å². The van der Waals surface area contributed by atoms with Crippen molar-refractivity contribution in [1.82, 2.24) is 15.2 Å². The second-order valence-corrected chi connectivity index (χ2v) is 9.27. The minimum absolute atomic E-state index is 0.00383. The summed E-state index contributed by atoms with van der Waals surface area (Å²) < 4.78 is 85.0. The van der Waals surface area contributed by atoms with Gasteiger partial charge < -0.3 is 9.73 Å². The second kappa shape index (κ2) is 12.0. The molecule has 1 N–H and O–H groups in total. The first kappa shape index (κ1) is 28.9. The van der Waals surface area contributed by atoms with Crippen molar-refractivity contribution < 1.29 is 35.6 Å². The fourth-order valence-corrected chi connectivity index (χ4v) is 4.15. The number of rotatable bonds is 9. The van der Waals surface area contributed by atoms with Crippen LogP contribution in [0.4, 0.5) is 26.3 Å². The summed E-state index contributed by atoms with van der Waals surface area (Å²) in [5, 5.41) is 2.81. The van der Waals surface area contributed by atoms with Crippen LogP contribution < -0.4 is 5.32 Å². The third kappa shape index (κ3) is 7.72. The number of aromatic nitrogens is 1. The molecule has 0 spiro atoms. The van der Waals surface area contributed by atoms with E-state index in [-0.39, 0.29) is 37.3 Å². The van der Waals surface area contributed by atoms with Crippen LogP contribution in [0.25, 0.3) is 0 Å². The molecule has 0 radical (unpaired) electrons. The van der Waals surface area contributed by atoms with E-state index < -0.39 is 29.4 Å². The Balaban J connectivity index is 1.54. The SMILES string of the molecule is CC(NC(=O)c1coc(CN(Cc2cccc(C(F)(F)F)c2)Cc2cccc(C(F)(F)F)c2)n1)c1ccccc1. The van der Waals surface area contributed by atoms with E-state index in [4.69, 9.17) is 4.42 Å². The molecule has 0 aliphatic rings. The van der Waals surface area contributed by atoms with Crippen molar-refractivity contribution in [1.29, 1.82) is 0 Å². The highest BCUT2D eigenvalue weighted by Crippen LogP contribution is 2.31. The van der Waals surface area contributed by atoms with Crippen molar-refractivity contribution in [3.8, 4) is 0 Å². The van der Waals surface area contributed by atoms with E-state index in [1.165, 1.54) is 24.3 Å². The molecule has 1 heterocycles. The predicted molar refractivity (Wildman–Crippen MR) is 135 cm³/mol. The van der Waals surface area contributed by atoms with Crippen molar-refractivity contribution in [3.05, 3.63) is 125 Å². The van der Waals surface area contributed by atoms with E-state index >= 15 is 0 Å². The molecule has 4 rings (SSSR count). The summed E-state index contributed by atoms with van der Waals surface area (Å²) in [6, 6.07) is 18.3. The molecule has 0 bridgehead atoms. The molecule has 0 aliphatic carbocycles. The number of hydrogen-bond acceptors (Lipinski definition) is 4. The fraction of sp³-hybridized carbons (Fsp3) is 0.241. The van der Waals surface area contributed by atoms with Crippen molar-refractivity contribution in [2.45, 2.75) is 45.0 Å². The highest BCUT2D eigenvalue weighted by molar-refractivity contribution is 5.92. The van der Waals surface area contributed by atoms with E-state index in [2.05, 4.69) is 10.3 Å². The lowest BCUT2D eigenvalue weighted by Crippen LogP contribution is -2.27. The van der Waals surface area contributed by atoms with E-state index in [1.807, 2.05) is 30.3 Å². The Labute approximate surface area is 226 Å². The molecular formula is C29H25F6N3O2. The maximum absolute atomic E-state index is 13.2. The summed E-state index contributed by atoms with van der Waals surface area (Å²) in [6.07, 6.45) is -7.94. The zero-order chi connectivity index (χ0) is 28.9. The summed E-state index contributed by atoms with van der Waals surface area (Å²) >= 11 is 0. The van der Waals surface area contributed by atoms with Crippen LogP contribution in [0.2, 0.25) is 0 Å². The van der Waals surface area contributed by atoms with E-state index in [9.17, 15) is 31.1 Å². The summed E-state index contributed by atoms with van der Waals surface area (Å²) in [7, 11) is 0. The number of nitrogens with zero attached hydrogens (tertiary/aromatic N) is 2. The number of nitrogens with one attached hydrogen (secondary N) is 1. The average molecular weight is 562 g/mol. The molecule has 0 aliphatic heterocycles. The quantitative estimate of drug-likeness (QED) is 0.216. The minimum atomic E-state index is -4.55. The summed E-state index contributed by atoms with van der Waals surface area (Å²) in [5.74, 6) is -0.412. The van der Waals surface area contributed by atoms with Crippen molar-refractivity contribution in [3.63, 3.8) is 0 Å². The molecule has 0 saturated heterocycles. The molecule has 40 heavy (non-hydrogen) atoms. The molecule has 1 unspecified atom stereocenters. The lowest BCUT2D eigenvalue weighted by Gasteiger charge is -2.22. The van der Waals surface area contributed by atoms with Crippen molar-refractivity contribution in [2.24, 2.45) is 0 Å². The molecule has 210 valence electrons. The van der Waals surface area contributed by atoms with Gasteiger partial charge in [-0.3, -0.25) is 9.69 Å². The molecule has 11 heteroatoms. The lowest BCUT2D eigenvalue weighted by atomic mass is 10.1. The standard InChI is InChI=1S/C29H25F6N3O2/c1-19(22-9-3-2-4-10-22)36-27(39)25-18-40-26(37-25)17-38(15-20-7-5-11-23(13-20)28(30,31)32)16-21-8-6-12-24(14-21)29(33,34)35/h2-14,18-19H,15-17H2,1H3,(H,36,39). The van der Waals surface area contributed by atoms with Gasteiger partial charge in [0.15, 0.2) is 5.69 Å². The molecule has 1 amide bonds. The van der Waals surface area contributed by atoms with Gasteiger partial charge in [0.25, 0.3) is 5.91 Å². The first-order valence-corrected chi connectivity index (χ1v) is 12.2. The Hall–Kier alpha value is -4.12. The highest BCUT2D eigenvalue weighted by Gasteiger charge is 2.31. The van der Waals surface area contributed by atoms with E-state index in [0.717, 1.165) is 36.1 Å². The Kier molecular flexibility index (Phi) is 8.63. The Bertz CT molecular complexity index is 1370. The maximum Gasteiger partial charge on any atom is 0.416 e. The number of carbonyl (C=O) groups is 1. The van der Waals surface area contributed by atoms with Crippen LogP contribution >= 0.6 is 0 Å². The number of benzene rings is 3. The topological polar surface area (TPSA) is 58.4 Å². The lowest BCUT2D eigenvalue weighted by molar-refractivity contribution is -0.138. The first-order chi connectivity index (χ1) is 18.9. The number of hydrogen-bond donors (Lipinski definition) is 1. The van der Waals surface area contributed by atoms with E-state index in [1.54, 1.807) is 11.8 Å². The molecule has 5 nitrogen and oxygen atoms in total. The van der Waals surface area contributed by atoms with Gasteiger partial charge in [0.1, 0.15) is 6.26 Å². The number of amides is 1. The maximum atomic E-state index is 13.2. The second-order valence-electron chi connectivity index (χ2n) is 9.27. The number of alkyl halides is 6. The molecule has 1 aromatic heterocycles. The molecular weight excluding hydrogens is 536 g/mol. The van der Waals surface area contributed by atoms with Crippen LogP contribution in [0.3, 0.4) is 0 Å². The van der Waals surface area contributed by atoms with Gasteiger partial charge in [-0.1, -0.05) is 66.7 Å². The first-order valence-electron chi connectivity index (χ1n) is 12.2. The third-order valence-electron chi connectivity index (χ3n) is 6.11. The monoisotopic (exact) mass is 561 g/mol. The summed E-state index contributed by atoms with van der Waals surface area (Å²) in [4.78, 5) is 18.5. The highest BCUT2D eigenvalue weighted by atomic mass is 19.4. The minimum Gasteiger partial charge on any atom is -0.447 e. The average Bonchev–Trinajstić information content (AvgIpc) is 3.37. The molecule has 4 aromatic rings. The van der Waals surface area contributed by atoms with Gasteiger partial charge in [0.05, 0.1) is 23.7 Å².